The molecule has 0 spiro atoms. The fourth-order valence-corrected chi connectivity index (χ4v) is 1.83. The number of rotatable bonds is 5. The van der Waals surface area contributed by atoms with Crippen LogP contribution in [0.5, 0.6) is 0 Å². The maximum atomic E-state index is 12.5. The predicted molar refractivity (Wildman–Crippen MR) is 69.2 cm³/mol. The van der Waals surface area contributed by atoms with E-state index in [1.165, 1.54) is 0 Å². The number of hydrogen-bond acceptors (Lipinski definition) is 0. The van der Waals surface area contributed by atoms with Crippen molar-refractivity contribution in [3.05, 3.63) is 41.5 Å². The molecule has 0 bridgehead atoms. The summed E-state index contributed by atoms with van der Waals surface area (Å²) < 4.78 is 37.4. The third-order valence-corrected chi connectivity index (χ3v) is 2.78. The molecule has 100 valence electrons. The van der Waals surface area contributed by atoms with Crippen molar-refractivity contribution in [2.24, 2.45) is 0 Å². The monoisotopic (exact) mass is 256 g/mol. The van der Waals surface area contributed by atoms with Crippen LogP contribution in [0.4, 0.5) is 13.2 Å². The van der Waals surface area contributed by atoms with Gasteiger partial charge in [0.1, 0.15) is 0 Å². The molecule has 0 aliphatic heterocycles. The van der Waals surface area contributed by atoms with Gasteiger partial charge in [0.25, 0.3) is 0 Å². The van der Waals surface area contributed by atoms with Crippen LogP contribution in [0.2, 0.25) is 0 Å². The summed E-state index contributed by atoms with van der Waals surface area (Å²) in [5.41, 5.74) is 1.46. The molecule has 0 heterocycles. The van der Waals surface area contributed by atoms with Crippen LogP contribution in [-0.4, -0.2) is 0 Å². The maximum Gasteiger partial charge on any atom is 0.416 e. The Kier molecular flexibility index (Phi) is 5.45. The first-order valence-corrected chi connectivity index (χ1v) is 6.35. The van der Waals surface area contributed by atoms with Gasteiger partial charge in [0, 0.05) is 0 Å². The first-order chi connectivity index (χ1) is 8.49. The van der Waals surface area contributed by atoms with Gasteiger partial charge in [-0.2, -0.15) is 13.2 Å². The molecule has 1 aromatic rings. The molecule has 0 nitrogen and oxygen atoms in total. The van der Waals surface area contributed by atoms with E-state index in [0.29, 0.717) is 0 Å². The van der Waals surface area contributed by atoms with Gasteiger partial charge >= 0.3 is 6.18 Å². The molecule has 0 saturated carbocycles. The maximum absolute atomic E-state index is 12.5. The zero-order valence-corrected chi connectivity index (χ0v) is 10.8. The molecule has 0 amide bonds. The summed E-state index contributed by atoms with van der Waals surface area (Å²) in [7, 11) is 0. The topological polar surface area (TPSA) is 0 Å². The lowest BCUT2D eigenvalue weighted by Gasteiger charge is -2.10. The fraction of sp³-hybridized carbons (Fsp3) is 0.467. The Morgan fingerprint density at radius 1 is 1.06 bits per heavy atom. The molecule has 0 atom stereocenters. The Morgan fingerprint density at radius 2 is 1.67 bits per heavy atom. The number of benzene rings is 1. The van der Waals surface area contributed by atoms with Crippen LogP contribution in [0, 0.1) is 0 Å². The van der Waals surface area contributed by atoms with Gasteiger partial charge in [-0.1, -0.05) is 44.9 Å². The van der Waals surface area contributed by atoms with E-state index in [0.717, 1.165) is 49.0 Å². The summed E-state index contributed by atoms with van der Waals surface area (Å²) in [6.45, 7) is 4.16. The second-order valence-corrected chi connectivity index (χ2v) is 4.34. The Bertz CT molecular complexity index is 385. The summed E-state index contributed by atoms with van der Waals surface area (Å²) in [5, 5.41) is 0. The molecule has 0 fully saturated rings. The molecule has 1 rings (SSSR count). The smallest absolute Gasteiger partial charge is 0.166 e. The van der Waals surface area contributed by atoms with Crippen LogP contribution >= 0.6 is 0 Å². The van der Waals surface area contributed by atoms with E-state index in [-0.39, 0.29) is 0 Å². The van der Waals surface area contributed by atoms with E-state index >= 15 is 0 Å². The van der Waals surface area contributed by atoms with Crippen molar-refractivity contribution in [2.45, 2.75) is 45.7 Å². The van der Waals surface area contributed by atoms with Crippen molar-refractivity contribution < 1.29 is 13.2 Å². The lowest BCUT2D eigenvalue weighted by atomic mass is 9.98. The second-order valence-electron chi connectivity index (χ2n) is 4.34. The fourth-order valence-electron chi connectivity index (χ4n) is 1.83. The molecule has 0 radical (unpaired) electrons. The van der Waals surface area contributed by atoms with E-state index in [4.69, 9.17) is 0 Å². The Balaban J connectivity index is 2.94. The minimum atomic E-state index is -4.25. The normalized spacial score (nSPS) is 12.8. The molecular formula is C15H19F3. The molecule has 1 aromatic carbocycles. The lowest BCUT2D eigenvalue weighted by Crippen LogP contribution is -2.04. The van der Waals surface area contributed by atoms with Crippen molar-refractivity contribution in [3.63, 3.8) is 0 Å². The van der Waals surface area contributed by atoms with Gasteiger partial charge < -0.3 is 0 Å². The van der Waals surface area contributed by atoms with Crippen LogP contribution in [0.1, 0.15) is 50.7 Å². The molecule has 18 heavy (non-hydrogen) atoms. The van der Waals surface area contributed by atoms with Crippen molar-refractivity contribution >= 4 is 5.57 Å². The minimum Gasteiger partial charge on any atom is -0.166 e. The molecule has 0 aliphatic rings. The van der Waals surface area contributed by atoms with Crippen LogP contribution < -0.4 is 0 Å². The highest BCUT2D eigenvalue weighted by Crippen LogP contribution is 2.30. The highest BCUT2D eigenvalue weighted by molar-refractivity contribution is 5.65. The van der Waals surface area contributed by atoms with Gasteiger partial charge in [-0.25, -0.2) is 0 Å². The average molecular weight is 256 g/mol. The Labute approximate surface area is 107 Å². The van der Waals surface area contributed by atoms with E-state index in [1.54, 1.807) is 12.1 Å². The van der Waals surface area contributed by atoms with Crippen molar-refractivity contribution in [3.8, 4) is 0 Å². The highest BCUT2D eigenvalue weighted by Gasteiger charge is 2.29. The number of unbranched alkanes of at least 4 members (excludes halogenated alkanes) is 1. The predicted octanol–water partition coefficient (Wildman–Crippen LogP) is 5.69. The van der Waals surface area contributed by atoms with Gasteiger partial charge in [-0.15, -0.1) is 0 Å². The van der Waals surface area contributed by atoms with Gasteiger partial charge in [-0.3, -0.25) is 0 Å². The summed E-state index contributed by atoms with van der Waals surface area (Å²) >= 11 is 0. The van der Waals surface area contributed by atoms with Crippen molar-refractivity contribution in [1.29, 1.82) is 0 Å². The largest absolute Gasteiger partial charge is 0.416 e. The van der Waals surface area contributed by atoms with Crippen molar-refractivity contribution in [1.82, 2.24) is 0 Å². The SMILES string of the molecule is CCC/C=C(\CCC)c1ccc(C(F)(F)F)cc1. The molecule has 0 aliphatic carbocycles. The minimum absolute atomic E-state index is 0.586. The highest BCUT2D eigenvalue weighted by atomic mass is 19.4. The van der Waals surface area contributed by atoms with Gasteiger partial charge in [-0.05, 0) is 36.1 Å². The number of hydrogen-bond donors (Lipinski definition) is 0. The average Bonchev–Trinajstić information content (AvgIpc) is 2.33. The molecule has 0 unspecified atom stereocenters. The molecular weight excluding hydrogens is 237 g/mol. The van der Waals surface area contributed by atoms with Crippen molar-refractivity contribution in [2.75, 3.05) is 0 Å². The first kappa shape index (κ1) is 14.8. The van der Waals surface area contributed by atoms with E-state index in [2.05, 4.69) is 19.9 Å². The third kappa shape index (κ3) is 4.21. The molecule has 0 aromatic heterocycles. The van der Waals surface area contributed by atoms with Gasteiger partial charge in [0.15, 0.2) is 0 Å². The number of allylic oxidation sites excluding steroid dienone is 2. The molecule has 3 heteroatoms. The Morgan fingerprint density at radius 3 is 2.11 bits per heavy atom. The van der Waals surface area contributed by atoms with Crippen LogP contribution in [0.15, 0.2) is 30.3 Å². The Hall–Kier alpha value is -1.25. The zero-order chi connectivity index (χ0) is 13.6. The summed E-state index contributed by atoms with van der Waals surface area (Å²) in [4.78, 5) is 0. The first-order valence-electron chi connectivity index (χ1n) is 6.35. The van der Waals surface area contributed by atoms with Crippen LogP contribution in [0.3, 0.4) is 0 Å². The van der Waals surface area contributed by atoms with Gasteiger partial charge in [0.05, 0.1) is 5.56 Å². The van der Waals surface area contributed by atoms with E-state index in [9.17, 15) is 13.2 Å². The number of alkyl halides is 3. The number of halogens is 3. The zero-order valence-electron chi connectivity index (χ0n) is 10.8. The standard InChI is InChI=1S/C15H19F3/c1-3-5-7-12(6-4-2)13-8-10-14(11-9-13)15(16,17)18/h7-11H,3-6H2,1-2H3/b12-7+. The second kappa shape index (κ2) is 6.62. The van der Waals surface area contributed by atoms with E-state index < -0.39 is 11.7 Å². The quantitative estimate of drug-likeness (QED) is 0.635. The summed E-state index contributed by atoms with van der Waals surface area (Å²) in [6, 6.07) is 5.45. The van der Waals surface area contributed by atoms with Crippen LogP contribution in [-0.2, 0) is 6.18 Å². The third-order valence-electron chi connectivity index (χ3n) is 2.78. The molecule has 0 N–H and O–H groups in total. The molecule has 0 saturated heterocycles. The van der Waals surface area contributed by atoms with Gasteiger partial charge in [0.2, 0.25) is 0 Å². The van der Waals surface area contributed by atoms with E-state index in [1.807, 2.05) is 0 Å². The lowest BCUT2D eigenvalue weighted by molar-refractivity contribution is -0.137. The van der Waals surface area contributed by atoms with Crippen LogP contribution in [0.25, 0.3) is 5.57 Å². The summed E-state index contributed by atoms with van der Waals surface area (Å²) in [5.74, 6) is 0. The summed E-state index contributed by atoms with van der Waals surface area (Å²) in [6.07, 6.45) is 1.80.